The number of hydrogen-bond acceptors (Lipinski definition) is 7. The summed E-state index contributed by atoms with van der Waals surface area (Å²) in [5.41, 5.74) is 1.47. The first-order valence-electron chi connectivity index (χ1n) is 7.46. The van der Waals surface area contributed by atoms with Crippen LogP contribution in [0, 0.1) is 0 Å². The summed E-state index contributed by atoms with van der Waals surface area (Å²) in [7, 11) is 0. The molecule has 1 fully saturated rings. The average molecular weight is 342 g/mol. The number of carbonyl (C=O) groups is 1. The SMILES string of the molecule is O=C(/C=C/c1nc2ccccc2o1)N1CCSCC1c1nn[nH]n1. The molecule has 0 radical (unpaired) electrons. The van der Waals surface area contributed by atoms with Gasteiger partial charge in [0.05, 0.1) is 0 Å². The molecule has 0 spiro atoms. The minimum atomic E-state index is -0.178. The first-order valence-corrected chi connectivity index (χ1v) is 8.62. The number of para-hydroxylation sites is 2. The number of carbonyl (C=O) groups excluding carboxylic acids is 1. The fourth-order valence-corrected chi connectivity index (χ4v) is 3.64. The number of oxazole rings is 1. The molecule has 122 valence electrons. The number of rotatable bonds is 3. The molecule has 1 aromatic carbocycles. The number of fused-ring (bicyclic) bond motifs is 1. The molecule has 8 nitrogen and oxygen atoms in total. The van der Waals surface area contributed by atoms with Gasteiger partial charge in [-0.15, -0.1) is 10.2 Å². The van der Waals surface area contributed by atoms with Crippen LogP contribution in [0.25, 0.3) is 17.2 Å². The van der Waals surface area contributed by atoms with Gasteiger partial charge in [0.2, 0.25) is 11.8 Å². The van der Waals surface area contributed by atoms with Gasteiger partial charge in [-0.2, -0.15) is 17.0 Å². The van der Waals surface area contributed by atoms with Crippen molar-refractivity contribution in [3.63, 3.8) is 0 Å². The predicted molar refractivity (Wildman–Crippen MR) is 89.0 cm³/mol. The van der Waals surface area contributed by atoms with Crippen LogP contribution in [-0.2, 0) is 4.79 Å². The Balaban J connectivity index is 1.53. The molecule has 0 aliphatic carbocycles. The summed E-state index contributed by atoms with van der Waals surface area (Å²) in [4.78, 5) is 18.6. The van der Waals surface area contributed by atoms with E-state index in [1.165, 1.54) is 6.08 Å². The Morgan fingerprint density at radius 3 is 3.17 bits per heavy atom. The number of aromatic nitrogens is 5. The lowest BCUT2D eigenvalue weighted by Crippen LogP contribution is -2.40. The highest BCUT2D eigenvalue weighted by Gasteiger charge is 2.30. The van der Waals surface area contributed by atoms with Crippen LogP contribution in [0.5, 0.6) is 0 Å². The molecule has 1 aliphatic heterocycles. The van der Waals surface area contributed by atoms with Gasteiger partial charge >= 0.3 is 0 Å². The third kappa shape index (κ3) is 2.90. The second-order valence-corrected chi connectivity index (χ2v) is 6.40. The van der Waals surface area contributed by atoms with E-state index in [2.05, 4.69) is 25.6 Å². The number of amides is 1. The molecule has 9 heteroatoms. The molecule has 24 heavy (non-hydrogen) atoms. The Morgan fingerprint density at radius 1 is 1.42 bits per heavy atom. The number of hydrogen-bond donors (Lipinski definition) is 1. The molecule has 1 unspecified atom stereocenters. The van der Waals surface area contributed by atoms with E-state index in [0.29, 0.717) is 23.8 Å². The van der Waals surface area contributed by atoms with Crippen LogP contribution in [0.3, 0.4) is 0 Å². The second-order valence-electron chi connectivity index (χ2n) is 5.25. The molecule has 1 saturated heterocycles. The van der Waals surface area contributed by atoms with Crippen LogP contribution < -0.4 is 0 Å². The lowest BCUT2D eigenvalue weighted by atomic mass is 10.2. The van der Waals surface area contributed by atoms with Crippen molar-refractivity contribution in [2.24, 2.45) is 0 Å². The third-order valence-electron chi connectivity index (χ3n) is 3.75. The fourth-order valence-electron chi connectivity index (χ4n) is 2.59. The first kappa shape index (κ1) is 14.9. The van der Waals surface area contributed by atoms with E-state index < -0.39 is 0 Å². The van der Waals surface area contributed by atoms with Gasteiger partial charge in [0.15, 0.2) is 11.4 Å². The summed E-state index contributed by atoms with van der Waals surface area (Å²) in [6, 6.07) is 7.31. The highest BCUT2D eigenvalue weighted by Crippen LogP contribution is 2.27. The zero-order chi connectivity index (χ0) is 16.4. The molecule has 3 aromatic rings. The van der Waals surface area contributed by atoms with Crippen LogP contribution in [-0.4, -0.2) is 54.5 Å². The maximum Gasteiger partial charge on any atom is 0.247 e. The van der Waals surface area contributed by atoms with Crippen molar-refractivity contribution in [1.82, 2.24) is 30.5 Å². The second kappa shape index (κ2) is 6.44. The van der Waals surface area contributed by atoms with Crippen LogP contribution in [0.1, 0.15) is 17.8 Å². The molecular formula is C15H14N6O2S. The minimum Gasteiger partial charge on any atom is -0.437 e. The maximum absolute atomic E-state index is 12.6. The summed E-state index contributed by atoms with van der Waals surface area (Å²) in [5.74, 6) is 2.46. The molecule has 4 rings (SSSR count). The fraction of sp³-hybridized carbons (Fsp3) is 0.267. The zero-order valence-corrected chi connectivity index (χ0v) is 13.4. The molecule has 2 aromatic heterocycles. The standard InChI is InChI=1S/C15H14N6O2S/c22-14(6-5-13-16-10-3-1-2-4-12(10)23-13)21-7-8-24-9-11(21)15-17-19-20-18-15/h1-6,11H,7-9H2,(H,17,18,19,20)/b6-5+. The number of benzene rings is 1. The van der Waals surface area contributed by atoms with E-state index in [1.807, 2.05) is 24.3 Å². The average Bonchev–Trinajstić information content (AvgIpc) is 3.28. The maximum atomic E-state index is 12.6. The lowest BCUT2D eigenvalue weighted by molar-refractivity contribution is -0.128. The van der Waals surface area contributed by atoms with E-state index in [4.69, 9.17) is 4.42 Å². The van der Waals surface area contributed by atoms with Gasteiger partial charge in [0.25, 0.3) is 0 Å². The van der Waals surface area contributed by atoms with Crippen molar-refractivity contribution in [2.45, 2.75) is 6.04 Å². The summed E-state index contributed by atoms with van der Waals surface area (Å²) >= 11 is 1.77. The van der Waals surface area contributed by atoms with Crippen molar-refractivity contribution >= 4 is 34.8 Å². The number of thioether (sulfide) groups is 1. The first-order chi connectivity index (χ1) is 11.8. The highest BCUT2D eigenvalue weighted by atomic mass is 32.2. The molecule has 0 bridgehead atoms. The number of tetrazole rings is 1. The quantitative estimate of drug-likeness (QED) is 0.723. The molecule has 1 amide bonds. The molecule has 3 heterocycles. The van der Waals surface area contributed by atoms with Crippen LogP contribution in [0.2, 0.25) is 0 Å². The van der Waals surface area contributed by atoms with Crippen molar-refractivity contribution in [1.29, 1.82) is 0 Å². The number of nitrogens with zero attached hydrogens (tertiary/aromatic N) is 5. The number of nitrogens with one attached hydrogen (secondary N) is 1. The van der Waals surface area contributed by atoms with Gasteiger partial charge < -0.3 is 9.32 Å². The molecular weight excluding hydrogens is 328 g/mol. The molecule has 1 atom stereocenters. The monoisotopic (exact) mass is 342 g/mol. The summed E-state index contributed by atoms with van der Waals surface area (Å²) in [5, 5.41) is 14.0. The minimum absolute atomic E-state index is 0.118. The van der Waals surface area contributed by atoms with Crippen LogP contribution in [0.4, 0.5) is 0 Å². The van der Waals surface area contributed by atoms with Crippen molar-refractivity contribution in [3.8, 4) is 0 Å². The highest BCUT2D eigenvalue weighted by molar-refractivity contribution is 7.99. The smallest absolute Gasteiger partial charge is 0.247 e. The summed E-state index contributed by atoms with van der Waals surface area (Å²) in [6.07, 6.45) is 3.07. The summed E-state index contributed by atoms with van der Waals surface area (Å²) in [6.45, 7) is 0.639. The van der Waals surface area contributed by atoms with E-state index in [9.17, 15) is 4.79 Å². The largest absolute Gasteiger partial charge is 0.437 e. The van der Waals surface area contributed by atoms with Gasteiger partial charge in [0, 0.05) is 30.2 Å². The summed E-state index contributed by atoms with van der Waals surface area (Å²) < 4.78 is 5.59. The van der Waals surface area contributed by atoms with E-state index in [0.717, 1.165) is 17.0 Å². The Hall–Kier alpha value is -2.68. The topological polar surface area (TPSA) is 101 Å². The van der Waals surface area contributed by atoms with Crippen LogP contribution in [0.15, 0.2) is 34.8 Å². The van der Waals surface area contributed by atoms with Gasteiger partial charge in [-0.25, -0.2) is 4.98 Å². The Labute approximate surface area is 141 Å². The normalized spacial score (nSPS) is 18.5. The molecule has 1 N–H and O–H groups in total. The zero-order valence-electron chi connectivity index (χ0n) is 12.6. The number of H-pyrrole nitrogens is 1. The van der Waals surface area contributed by atoms with Gasteiger partial charge in [-0.1, -0.05) is 17.3 Å². The van der Waals surface area contributed by atoms with Crippen molar-refractivity contribution < 1.29 is 9.21 Å². The van der Waals surface area contributed by atoms with Gasteiger partial charge in [-0.3, -0.25) is 4.79 Å². The van der Waals surface area contributed by atoms with E-state index >= 15 is 0 Å². The predicted octanol–water partition coefficient (Wildman–Crippen LogP) is 1.67. The van der Waals surface area contributed by atoms with Crippen LogP contribution >= 0.6 is 11.8 Å². The third-order valence-corrected chi connectivity index (χ3v) is 4.77. The Bertz CT molecular complexity index is 842. The molecule has 0 saturated carbocycles. The Kier molecular flexibility index (Phi) is 3.99. The van der Waals surface area contributed by atoms with Gasteiger partial charge in [-0.05, 0) is 12.1 Å². The van der Waals surface area contributed by atoms with E-state index in [-0.39, 0.29) is 11.9 Å². The lowest BCUT2D eigenvalue weighted by Gasteiger charge is -2.32. The Morgan fingerprint density at radius 2 is 2.33 bits per heavy atom. The van der Waals surface area contributed by atoms with Crippen molar-refractivity contribution in [2.75, 3.05) is 18.1 Å². The van der Waals surface area contributed by atoms with E-state index in [1.54, 1.807) is 22.7 Å². The van der Waals surface area contributed by atoms with Gasteiger partial charge in [0.1, 0.15) is 11.6 Å². The van der Waals surface area contributed by atoms with Crippen molar-refractivity contribution in [3.05, 3.63) is 42.1 Å². The molecule has 1 aliphatic rings. The number of aromatic amines is 1.